The molecule has 0 unspecified atom stereocenters. The van der Waals surface area contributed by atoms with E-state index in [4.69, 9.17) is 11.6 Å². The number of alkyl halides is 1. The van der Waals surface area contributed by atoms with Gasteiger partial charge in [0.1, 0.15) is 5.78 Å². The van der Waals surface area contributed by atoms with Crippen molar-refractivity contribution in [3.8, 4) is 11.8 Å². The van der Waals surface area contributed by atoms with E-state index >= 15 is 0 Å². The summed E-state index contributed by atoms with van der Waals surface area (Å²) in [7, 11) is 0. The van der Waals surface area contributed by atoms with E-state index in [0.717, 1.165) is 11.1 Å². The molecule has 0 saturated heterocycles. The van der Waals surface area contributed by atoms with E-state index in [2.05, 4.69) is 11.8 Å². The highest BCUT2D eigenvalue weighted by Gasteiger charge is 1.96. The molecule has 0 heterocycles. The third-order valence-electron chi connectivity index (χ3n) is 1.71. The highest BCUT2D eigenvalue weighted by molar-refractivity contribution is 6.19. The second kappa shape index (κ2) is 5.47. The Kier molecular flexibility index (Phi) is 4.22. The zero-order chi connectivity index (χ0) is 10.4. The monoisotopic (exact) mass is 206 g/mol. The van der Waals surface area contributed by atoms with Crippen molar-refractivity contribution >= 4 is 17.4 Å². The summed E-state index contributed by atoms with van der Waals surface area (Å²) in [5.41, 5.74) is 1.95. The fourth-order valence-corrected chi connectivity index (χ4v) is 1.20. The smallest absolute Gasteiger partial charge is 0.134 e. The molecule has 14 heavy (non-hydrogen) atoms. The molecule has 0 amide bonds. The van der Waals surface area contributed by atoms with E-state index in [9.17, 15) is 4.79 Å². The Morgan fingerprint density at radius 1 is 1.36 bits per heavy atom. The van der Waals surface area contributed by atoms with Gasteiger partial charge in [-0.2, -0.15) is 0 Å². The topological polar surface area (TPSA) is 17.1 Å². The van der Waals surface area contributed by atoms with Gasteiger partial charge in [0.15, 0.2) is 0 Å². The minimum absolute atomic E-state index is 0.171. The van der Waals surface area contributed by atoms with Gasteiger partial charge in [0.25, 0.3) is 0 Å². The molecule has 0 saturated carbocycles. The van der Waals surface area contributed by atoms with E-state index in [1.165, 1.54) is 0 Å². The zero-order valence-corrected chi connectivity index (χ0v) is 8.77. The lowest BCUT2D eigenvalue weighted by Gasteiger charge is -1.96. The zero-order valence-electron chi connectivity index (χ0n) is 8.01. The maximum absolute atomic E-state index is 10.8. The normalized spacial score (nSPS) is 9.00. The molecular weight excluding hydrogens is 196 g/mol. The summed E-state index contributed by atoms with van der Waals surface area (Å²) in [6.45, 7) is 1.58. The van der Waals surface area contributed by atoms with E-state index in [1.807, 2.05) is 24.3 Å². The van der Waals surface area contributed by atoms with Crippen LogP contribution in [0.5, 0.6) is 0 Å². The first-order valence-electron chi connectivity index (χ1n) is 4.35. The van der Waals surface area contributed by atoms with Crippen LogP contribution in [0.3, 0.4) is 0 Å². The van der Waals surface area contributed by atoms with Crippen molar-refractivity contribution in [2.45, 2.75) is 13.3 Å². The summed E-state index contributed by atoms with van der Waals surface area (Å²) in [5.74, 6) is 6.19. The number of rotatable bonds is 2. The van der Waals surface area contributed by atoms with Crippen LogP contribution in [0.15, 0.2) is 24.3 Å². The van der Waals surface area contributed by atoms with Crippen LogP contribution in [-0.4, -0.2) is 11.7 Å². The molecule has 0 aromatic heterocycles. The first kappa shape index (κ1) is 10.8. The summed E-state index contributed by atoms with van der Waals surface area (Å²) in [6, 6.07) is 7.63. The number of hydrogen-bond donors (Lipinski definition) is 0. The summed E-state index contributed by atoms with van der Waals surface area (Å²) < 4.78 is 0. The van der Waals surface area contributed by atoms with Gasteiger partial charge in [0.05, 0.1) is 5.88 Å². The van der Waals surface area contributed by atoms with Gasteiger partial charge in [0.2, 0.25) is 0 Å². The fourth-order valence-electron chi connectivity index (χ4n) is 1.13. The summed E-state index contributed by atoms with van der Waals surface area (Å²) in [4.78, 5) is 10.8. The summed E-state index contributed by atoms with van der Waals surface area (Å²) >= 11 is 5.43. The number of hydrogen-bond acceptors (Lipinski definition) is 1. The van der Waals surface area contributed by atoms with E-state index in [-0.39, 0.29) is 5.78 Å². The lowest BCUT2D eigenvalue weighted by molar-refractivity contribution is -0.116. The average molecular weight is 207 g/mol. The molecule has 0 aliphatic rings. The average Bonchev–Trinajstić information content (AvgIpc) is 2.16. The standard InChI is InChI=1S/C12H11ClO/c1-10(14)9-12-6-4-11(5-7-12)3-2-8-13/h4-7H,8-9H2,1H3. The van der Waals surface area contributed by atoms with Crippen LogP contribution in [0.2, 0.25) is 0 Å². The number of benzene rings is 1. The maximum Gasteiger partial charge on any atom is 0.134 e. The van der Waals surface area contributed by atoms with Crippen molar-refractivity contribution in [3.63, 3.8) is 0 Å². The lowest BCUT2D eigenvalue weighted by Crippen LogP contribution is -1.95. The van der Waals surface area contributed by atoms with Crippen molar-refractivity contribution in [2.24, 2.45) is 0 Å². The minimum Gasteiger partial charge on any atom is -0.300 e. The van der Waals surface area contributed by atoms with E-state index in [0.29, 0.717) is 12.3 Å². The number of carbonyl (C=O) groups is 1. The Balaban J connectivity index is 2.73. The minimum atomic E-state index is 0.171. The van der Waals surface area contributed by atoms with Crippen LogP contribution in [0.4, 0.5) is 0 Å². The second-order valence-electron chi connectivity index (χ2n) is 3.01. The van der Waals surface area contributed by atoms with Gasteiger partial charge in [-0.15, -0.1) is 11.6 Å². The molecule has 0 bridgehead atoms. The van der Waals surface area contributed by atoms with E-state index < -0.39 is 0 Å². The molecule has 0 radical (unpaired) electrons. The first-order valence-corrected chi connectivity index (χ1v) is 4.89. The summed E-state index contributed by atoms with van der Waals surface area (Å²) in [5, 5.41) is 0. The Hall–Kier alpha value is -1.26. The molecular formula is C12H11ClO. The molecule has 0 atom stereocenters. The third kappa shape index (κ3) is 3.64. The Morgan fingerprint density at radius 3 is 2.50 bits per heavy atom. The number of Topliss-reactive ketones (excluding diaryl/α,β-unsaturated/α-hetero) is 1. The quantitative estimate of drug-likeness (QED) is 0.537. The van der Waals surface area contributed by atoms with Gasteiger partial charge in [-0.05, 0) is 24.6 Å². The number of ketones is 1. The molecule has 72 valence electrons. The van der Waals surface area contributed by atoms with Crippen molar-refractivity contribution in [1.29, 1.82) is 0 Å². The Bertz CT molecular complexity index is 368. The first-order chi connectivity index (χ1) is 6.72. The van der Waals surface area contributed by atoms with Crippen molar-refractivity contribution in [2.75, 3.05) is 5.88 Å². The Morgan fingerprint density at radius 2 is 2.00 bits per heavy atom. The number of halogens is 1. The molecule has 1 aromatic carbocycles. The SMILES string of the molecule is CC(=O)Cc1ccc(C#CCCl)cc1. The van der Waals surface area contributed by atoms with Gasteiger partial charge in [-0.1, -0.05) is 24.0 Å². The molecule has 1 aromatic rings. The van der Waals surface area contributed by atoms with E-state index in [1.54, 1.807) is 6.92 Å². The van der Waals surface area contributed by atoms with Crippen LogP contribution in [-0.2, 0) is 11.2 Å². The largest absolute Gasteiger partial charge is 0.300 e. The van der Waals surface area contributed by atoms with Crippen molar-refractivity contribution in [1.82, 2.24) is 0 Å². The molecule has 0 fully saturated rings. The van der Waals surface area contributed by atoms with Gasteiger partial charge in [-0.25, -0.2) is 0 Å². The van der Waals surface area contributed by atoms with Gasteiger partial charge in [-0.3, -0.25) is 4.79 Å². The highest BCUT2D eigenvalue weighted by atomic mass is 35.5. The molecule has 0 aliphatic heterocycles. The predicted molar refractivity (Wildman–Crippen MR) is 58.4 cm³/mol. The molecule has 0 N–H and O–H groups in total. The van der Waals surface area contributed by atoms with Gasteiger partial charge < -0.3 is 0 Å². The second-order valence-corrected chi connectivity index (χ2v) is 3.28. The molecule has 1 nitrogen and oxygen atoms in total. The Labute approximate surface area is 89.1 Å². The van der Waals surface area contributed by atoms with Crippen molar-refractivity contribution < 1.29 is 4.79 Å². The van der Waals surface area contributed by atoms with Crippen LogP contribution in [0.25, 0.3) is 0 Å². The molecule has 2 heteroatoms. The predicted octanol–water partition coefficient (Wildman–Crippen LogP) is 2.41. The fraction of sp³-hybridized carbons (Fsp3) is 0.250. The molecule has 0 spiro atoms. The van der Waals surface area contributed by atoms with Crippen LogP contribution < -0.4 is 0 Å². The van der Waals surface area contributed by atoms with Crippen LogP contribution in [0.1, 0.15) is 18.1 Å². The third-order valence-corrected chi connectivity index (χ3v) is 1.84. The maximum atomic E-state index is 10.8. The van der Waals surface area contributed by atoms with Crippen LogP contribution in [0, 0.1) is 11.8 Å². The highest BCUT2D eigenvalue weighted by Crippen LogP contribution is 2.04. The molecule has 0 aliphatic carbocycles. The molecule has 1 rings (SSSR count). The lowest BCUT2D eigenvalue weighted by atomic mass is 10.1. The van der Waals surface area contributed by atoms with Gasteiger partial charge in [0, 0.05) is 12.0 Å². The van der Waals surface area contributed by atoms with Crippen LogP contribution >= 0.6 is 11.6 Å². The summed E-state index contributed by atoms with van der Waals surface area (Å²) in [6.07, 6.45) is 0.489. The number of carbonyl (C=O) groups excluding carboxylic acids is 1. The van der Waals surface area contributed by atoms with Gasteiger partial charge >= 0.3 is 0 Å². The van der Waals surface area contributed by atoms with Crippen molar-refractivity contribution in [3.05, 3.63) is 35.4 Å².